The van der Waals surface area contributed by atoms with E-state index in [4.69, 9.17) is 0 Å². The Labute approximate surface area is 152 Å². The lowest BCUT2D eigenvalue weighted by Crippen LogP contribution is -2.31. The number of nitrogens with zero attached hydrogens (tertiary/aromatic N) is 1. The first kappa shape index (κ1) is 16.7. The summed E-state index contributed by atoms with van der Waals surface area (Å²) in [5, 5.41) is 9.25. The first-order valence-corrected chi connectivity index (χ1v) is 8.97. The molecule has 1 aromatic heterocycles. The normalized spacial score (nSPS) is 18.0. The minimum atomic E-state index is -0.258. The molecular formula is C20H22N4O2. The van der Waals surface area contributed by atoms with Gasteiger partial charge in [0.15, 0.2) is 0 Å². The Morgan fingerprint density at radius 1 is 1.35 bits per heavy atom. The van der Waals surface area contributed by atoms with Crippen LogP contribution in [0.3, 0.4) is 0 Å². The lowest BCUT2D eigenvalue weighted by atomic mass is 9.96. The standard InChI is InChI=1S/C20H22N4O2/c1-12-17(14-6-7-21-9-13(14)10-22-12)11-23-19(25)8-18-15-4-2-3-5-16(15)20(26)24-18/h2-5,10,18,21H,6-9,11H2,1H3,(H,23,25)(H,24,26). The Hall–Kier alpha value is -2.73. The molecule has 2 aromatic rings. The van der Waals surface area contributed by atoms with Crippen molar-refractivity contribution < 1.29 is 9.59 Å². The predicted molar refractivity (Wildman–Crippen MR) is 97.5 cm³/mol. The molecule has 0 saturated heterocycles. The van der Waals surface area contributed by atoms with E-state index in [0.717, 1.165) is 36.3 Å². The van der Waals surface area contributed by atoms with Crippen molar-refractivity contribution in [2.24, 2.45) is 0 Å². The molecule has 0 bridgehead atoms. The average molecular weight is 350 g/mol. The quantitative estimate of drug-likeness (QED) is 0.781. The van der Waals surface area contributed by atoms with Gasteiger partial charge in [0.1, 0.15) is 0 Å². The number of carbonyl (C=O) groups is 2. The van der Waals surface area contributed by atoms with E-state index in [0.29, 0.717) is 12.1 Å². The smallest absolute Gasteiger partial charge is 0.252 e. The third-order valence-electron chi connectivity index (χ3n) is 5.21. The van der Waals surface area contributed by atoms with E-state index in [9.17, 15) is 9.59 Å². The molecule has 134 valence electrons. The second-order valence-corrected chi connectivity index (χ2v) is 6.85. The molecule has 6 heteroatoms. The van der Waals surface area contributed by atoms with Gasteiger partial charge in [-0.2, -0.15) is 0 Å². The monoisotopic (exact) mass is 350 g/mol. The first-order valence-electron chi connectivity index (χ1n) is 8.97. The maximum atomic E-state index is 12.5. The minimum absolute atomic E-state index is 0.0714. The molecule has 26 heavy (non-hydrogen) atoms. The number of aromatic nitrogens is 1. The van der Waals surface area contributed by atoms with Gasteiger partial charge in [0.2, 0.25) is 5.91 Å². The highest BCUT2D eigenvalue weighted by Gasteiger charge is 2.29. The fraction of sp³-hybridized carbons (Fsp3) is 0.350. The summed E-state index contributed by atoms with van der Waals surface area (Å²) >= 11 is 0. The third-order valence-corrected chi connectivity index (χ3v) is 5.21. The summed E-state index contributed by atoms with van der Waals surface area (Å²) in [6.45, 7) is 4.23. The highest BCUT2D eigenvalue weighted by atomic mass is 16.2. The number of carbonyl (C=O) groups excluding carboxylic acids is 2. The maximum absolute atomic E-state index is 12.5. The molecule has 3 heterocycles. The van der Waals surface area contributed by atoms with Crippen molar-refractivity contribution in [1.82, 2.24) is 20.9 Å². The Morgan fingerprint density at radius 2 is 2.19 bits per heavy atom. The summed E-state index contributed by atoms with van der Waals surface area (Å²) in [7, 11) is 0. The third kappa shape index (κ3) is 3.08. The lowest BCUT2D eigenvalue weighted by molar-refractivity contribution is -0.121. The van der Waals surface area contributed by atoms with E-state index in [1.807, 2.05) is 31.3 Å². The van der Waals surface area contributed by atoms with E-state index >= 15 is 0 Å². The largest absolute Gasteiger partial charge is 0.352 e. The van der Waals surface area contributed by atoms with Crippen molar-refractivity contribution in [3.8, 4) is 0 Å². The molecule has 0 aliphatic carbocycles. The van der Waals surface area contributed by atoms with Crippen LogP contribution in [0.4, 0.5) is 0 Å². The van der Waals surface area contributed by atoms with Gasteiger partial charge in [-0.15, -0.1) is 0 Å². The minimum Gasteiger partial charge on any atom is -0.352 e. The number of rotatable bonds is 4. The van der Waals surface area contributed by atoms with Crippen LogP contribution in [0.5, 0.6) is 0 Å². The number of hydrogen-bond donors (Lipinski definition) is 3. The molecule has 2 amide bonds. The number of benzene rings is 1. The van der Waals surface area contributed by atoms with E-state index in [2.05, 4.69) is 20.9 Å². The van der Waals surface area contributed by atoms with Gasteiger partial charge in [-0.25, -0.2) is 0 Å². The fourth-order valence-corrected chi connectivity index (χ4v) is 3.80. The van der Waals surface area contributed by atoms with Gasteiger partial charge in [0.05, 0.1) is 12.5 Å². The molecule has 1 aromatic carbocycles. The summed E-state index contributed by atoms with van der Waals surface area (Å²) < 4.78 is 0. The van der Waals surface area contributed by atoms with Gasteiger partial charge in [0, 0.05) is 30.5 Å². The SMILES string of the molecule is Cc1ncc2c(c1CNC(=O)CC1NC(=O)c3ccccc31)CCNC2. The van der Waals surface area contributed by atoms with Crippen molar-refractivity contribution in [3.05, 3.63) is 64.0 Å². The van der Waals surface area contributed by atoms with Crippen LogP contribution in [-0.2, 0) is 24.3 Å². The number of aryl methyl sites for hydroxylation is 1. The Kier molecular flexibility index (Phi) is 4.42. The van der Waals surface area contributed by atoms with Crippen LogP contribution in [0, 0.1) is 6.92 Å². The van der Waals surface area contributed by atoms with Crippen LogP contribution in [0.25, 0.3) is 0 Å². The van der Waals surface area contributed by atoms with Gasteiger partial charge in [0.25, 0.3) is 5.91 Å². The molecule has 0 saturated carbocycles. The molecule has 1 atom stereocenters. The summed E-state index contributed by atoms with van der Waals surface area (Å²) in [6.07, 6.45) is 3.12. The van der Waals surface area contributed by atoms with Crippen LogP contribution in [-0.4, -0.2) is 23.3 Å². The highest BCUT2D eigenvalue weighted by Crippen LogP contribution is 2.27. The van der Waals surface area contributed by atoms with Crippen LogP contribution in [0.1, 0.15) is 50.8 Å². The van der Waals surface area contributed by atoms with E-state index < -0.39 is 0 Å². The van der Waals surface area contributed by atoms with Gasteiger partial charge in [-0.05, 0) is 48.2 Å². The number of pyridine rings is 1. The Morgan fingerprint density at radius 3 is 3.08 bits per heavy atom. The number of nitrogens with one attached hydrogen (secondary N) is 3. The van der Waals surface area contributed by atoms with Crippen molar-refractivity contribution in [3.63, 3.8) is 0 Å². The fourth-order valence-electron chi connectivity index (χ4n) is 3.80. The van der Waals surface area contributed by atoms with E-state index in [-0.39, 0.29) is 24.3 Å². The molecule has 3 N–H and O–H groups in total. The maximum Gasteiger partial charge on any atom is 0.252 e. The van der Waals surface area contributed by atoms with Crippen molar-refractivity contribution in [2.75, 3.05) is 6.54 Å². The number of fused-ring (bicyclic) bond motifs is 2. The highest BCUT2D eigenvalue weighted by molar-refractivity contribution is 5.99. The van der Waals surface area contributed by atoms with Crippen LogP contribution < -0.4 is 16.0 Å². The van der Waals surface area contributed by atoms with Crippen LogP contribution in [0.2, 0.25) is 0 Å². The lowest BCUT2D eigenvalue weighted by Gasteiger charge is -2.22. The zero-order valence-corrected chi connectivity index (χ0v) is 14.8. The topological polar surface area (TPSA) is 83.1 Å². The van der Waals surface area contributed by atoms with Gasteiger partial charge >= 0.3 is 0 Å². The zero-order valence-electron chi connectivity index (χ0n) is 14.8. The zero-order chi connectivity index (χ0) is 18.1. The van der Waals surface area contributed by atoms with Crippen LogP contribution in [0.15, 0.2) is 30.5 Å². The molecule has 1 unspecified atom stereocenters. The number of hydrogen-bond acceptors (Lipinski definition) is 4. The van der Waals surface area contributed by atoms with Crippen molar-refractivity contribution in [1.29, 1.82) is 0 Å². The Balaban J connectivity index is 1.44. The van der Waals surface area contributed by atoms with Crippen molar-refractivity contribution >= 4 is 11.8 Å². The first-order chi connectivity index (χ1) is 12.6. The molecule has 0 radical (unpaired) electrons. The van der Waals surface area contributed by atoms with Crippen molar-refractivity contribution in [2.45, 2.75) is 38.9 Å². The second kappa shape index (κ2) is 6.88. The molecule has 6 nitrogen and oxygen atoms in total. The summed E-state index contributed by atoms with van der Waals surface area (Å²) in [5.41, 5.74) is 6.15. The van der Waals surface area contributed by atoms with E-state index in [1.165, 1.54) is 11.1 Å². The van der Waals surface area contributed by atoms with Gasteiger partial charge < -0.3 is 16.0 Å². The molecule has 2 aliphatic heterocycles. The number of amides is 2. The molecular weight excluding hydrogens is 328 g/mol. The molecule has 2 aliphatic rings. The van der Waals surface area contributed by atoms with Crippen LogP contribution >= 0.6 is 0 Å². The molecule has 0 spiro atoms. The van der Waals surface area contributed by atoms with Gasteiger partial charge in [-0.1, -0.05) is 18.2 Å². The molecule has 0 fully saturated rings. The summed E-state index contributed by atoms with van der Waals surface area (Å²) in [4.78, 5) is 28.9. The summed E-state index contributed by atoms with van der Waals surface area (Å²) in [6, 6.07) is 7.17. The second-order valence-electron chi connectivity index (χ2n) is 6.85. The van der Waals surface area contributed by atoms with E-state index in [1.54, 1.807) is 6.07 Å². The predicted octanol–water partition coefficient (Wildman–Crippen LogP) is 1.53. The average Bonchev–Trinajstić information content (AvgIpc) is 2.97. The summed E-state index contributed by atoms with van der Waals surface area (Å²) in [5.74, 6) is -0.180. The molecule has 4 rings (SSSR count). The Bertz CT molecular complexity index is 878. The van der Waals surface area contributed by atoms with Gasteiger partial charge in [-0.3, -0.25) is 14.6 Å².